The molecule has 0 unspecified atom stereocenters. The van der Waals surface area contributed by atoms with Crippen LogP contribution in [0.25, 0.3) is 0 Å². The van der Waals surface area contributed by atoms with Gasteiger partial charge in [-0.2, -0.15) is 0 Å². The van der Waals surface area contributed by atoms with Crippen molar-refractivity contribution in [3.05, 3.63) is 63.7 Å². The van der Waals surface area contributed by atoms with Crippen molar-refractivity contribution < 1.29 is 9.72 Å². The first-order valence-corrected chi connectivity index (χ1v) is 8.54. The summed E-state index contributed by atoms with van der Waals surface area (Å²) in [5, 5.41) is 14.4. The van der Waals surface area contributed by atoms with E-state index in [1.54, 1.807) is 17.0 Å². The summed E-state index contributed by atoms with van der Waals surface area (Å²) in [6.07, 6.45) is 2.70. The maximum absolute atomic E-state index is 12.9. The summed E-state index contributed by atoms with van der Waals surface area (Å²) in [5.41, 5.74) is 2.75. The Hall–Kier alpha value is -2.89. The van der Waals surface area contributed by atoms with E-state index in [2.05, 4.69) is 5.32 Å². The molecule has 1 amide bonds. The number of hydrogen-bond acceptors (Lipinski definition) is 4. The number of nitrogens with zero attached hydrogens (tertiary/aromatic N) is 2. The SMILES string of the molecule is CCCNc1ccc(C(=O)N2CCCc3ccccc32)cc1[N+](=O)[O-]. The Kier molecular flexibility index (Phi) is 4.97. The number of nitro benzene ring substituents is 1. The number of rotatable bonds is 5. The van der Waals surface area contributed by atoms with Gasteiger partial charge in [0.1, 0.15) is 5.69 Å². The van der Waals surface area contributed by atoms with E-state index in [1.807, 2.05) is 31.2 Å². The summed E-state index contributed by atoms with van der Waals surface area (Å²) < 4.78 is 0. The van der Waals surface area contributed by atoms with Gasteiger partial charge in [-0.3, -0.25) is 14.9 Å². The van der Waals surface area contributed by atoms with Crippen molar-refractivity contribution >= 4 is 23.0 Å². The van der Waals surface area contributed by atoms with Crippen LogP contribution in [0.2, 0.25) is 0 Å². The van der Waals surface area contributed by atoms with Gasteiger partial charge in [0.25, 0.3) is 11.6 Å². The van der Waals surface area contributed by atoms with Gasteiger partial charge in [-0.05, 0) is 43.0 Å². The zero-order valence-electron chi connectivity index (χ0n) is 14.2. The Balaban J connectivity index is 1.93. The summed E-state index contributed by atoms with van der Waals surface area (Å²) in [6, 6.07) is 12.5. The van der Waals surface area contributed by atoms with Gasteiger partial charge in [0.2, 0.25) is 0 Å². The molecule has 0 spiro atoms. The van der Waals surface area contributed by atoms with Crippen LogP contribution in [0.4, 0.5) is 17.1 Å². The van der Waals surface area contributed by atoms with E-state index in [9.17, 15) is 14.9 Å². The van der Waals surface area contributed by atoms with Crippen LogP contribution in [0.3, 0.4) is 0 Å². The predicted octanol–water partition coefficient (Wildman–Crippen LogP) is 4.01. The van der Waals surface area contributed by atoms with E-state index in [4.69, 9.17) is 0 Å². The van der Waals surface area contributed by atoms with Crippen molar-refractivity contribution in [3.63, 3.8) is 0 Å². The number of hydrogen-bond donors (Lipinski definition) is 1. The molecule has 2 aromatic rings. The molecule has 0 radical (unpaired) electrons. The van der Waals surface area contributed by atoms with E-state index >= 15 is 0 Å². The van der Waals surface area contributed by atoms with Crippen LogP contribution in [0, 0.1) is 10.1 Å². The van der Waals surface area contributed by atoms with Crippen molar-refractivity contribution in [1.82, 2.24) is 0 Å². The van der Waals surface area contributed by atoms with Crippen molar-refractivity contribution in [2.75, 3.05) is 23.3 Å². The maximum Gasteiger partial charge on any atom is 0.293 e. The molecular formula is C19H21N3O3. The fourth-order valence-corrected chi connectivity index (χ4v) is 3.13. The molecule has 6 nitrogen and oxygen atoms in total. The highest BCUT2D eigenvalue weighted by Gasteiger charge is 2.25. The highest BCUT2D eigenvalue weighted by Crippen LogP contribution is 2.30. The molecular weight excluding hydrogens is 318 g/mol. The van der Waals surface area contributed by atoms with Crippen LogP contribution in [0.1, 0.15) is 35.7 Å². The van der Waals surface area contributed by atoms with Crippen LogP contribution < -0.4 is 10.2 Å². The van der Waals surface area contributed by atoms with E-state index in [-0.39, 0.29) is 11.6 Å². The first kappa shape index (κ1) is 17.0. The number of amides is 1. The molecule has 130 valence electrons. The maximum atomic E-state index is 12.9. The van der Waals surface area contributed by atoms with Gasteiger partial charge in [-0.15, -0.1) is 0 Å². The predicted molar refractivity (Wildman–Crippen MR) is 98.3 cm³/mol. The molecule has 25 heavy (non-hydrogen) atoms. The van der Waals surface area contributed by atoms with E-state index < -0.39 is 4.92 Å². The molecule has 0 bridgehead atoms. The zero-order valence-corrected chi connectivity index (χ0v) is 14.2. The van der Waals surface area contributed by atoms with Gasteiger partial charge < -0.3 is 10.2 Å². The minimum Gasteiger partial charge on any atom is -0.380 e. The van der Waals surface area contributed by atoms with Crippen molar-refractivity contribution in [3.8, 4) is 0 Å². The number of nitro groups is 1. The standard InChI is InChI=1S/C19H21N3O3/c1-2-11-20-16-10-9-15(13-18(16)22(24)25)19(23)21-12-5-7-14-6-3-4-8-17(14)21/h3-4,6,8-10,13,20H,2,5,7,11-12H2,1H3. The molecule has 0 atom stereocenters. The molecule has 0 fully saturated rings. The Morgan fingerprint density at radius 2 is 2.08 bits per heavy atom. The second-order valence-corrected chi connectivity index (χ2v) is 6.10. The summed E-state index contributed by atoms with van der Waals surface area (Å²) in [7, 11) is 0. The minimum atomic E-state index is -0.446. The minimum absolute atomic E-state index is 0.0652. The molecule has 1 N–H and O–H groups in total. The average Bonchev–Trinajstić information content (AvgIpc) is 2.65. The Bertz CT molecular complexity index is 804. The molecule has 0 aliphatic carbocycles. The second kappa shape index (κ2) is 7.34. The van der Waals surface area contributed by atoms with E-state index in [0.717, 1.165) is 30.5 Å². The first-order chi connectivity index (χ1) is 12.1. The lowest BCUT2D eigenvalue weighted by molar-refractivity contribution is -0.384. The summed E-state index contributed by atoms with van der Waals surface area (Å²) in [4.78, 5) is 25.6. The van der Waals surface area contributed by atoms with Gasteiger partial charge in [0.05, 0.1) is 4.92 Å². The van der Waals surface area contributed by atoms with Gasteiger partial charge in [0.15, 0.2) is 0 Å². The third kappa shape index (κ3) is 3.47. The third-order valence-corrected chi connectivity index (χ3v) is 4.36. The van der Waals surface area contributed by atoms with E-state index in [1.165, 1.54) is 6.07 Å². The van der Waals surface area contributed by atoms with Gasteiger partial charge in [-0.1, -0.05) is 25.1 Å². The lowest BCUT2D eigenvalue weighted by Gasteiger charge is -2.29. The van der Waals surface area contributed by atoms with Crippen LogP contribution in [-0.4, -0.2) is 23.9 Å². The summed E-state index contributed by atoms with van der Waals surface area (Å²) in [5.74, 6) is -0.197. The van der Waals surface area contributed by atoms with Gasteiger partial charge in [0, 0.05) is 30.4 Å². The number of para-hydroxylation sites is 1. The molecule has 0 saturated heterocycles. The van der Waals surface area contributed by atoms with Crippen LogP contribution in [0.15, 0.2) is 42.5 Å². The average molecular weight is 339 g/mol. The number of nitrogens with one attached hydrogen (secondary N) is 1. The van der Waals surface area contributed by atoms with Crippen molar-refractivity contribution in [2.24, 2.45) is 0 Å². The fourth-order valence-electron chi connectivity index (χ4n) is 3.13. The molecule has 2 aromatic carbocycles. The largest absolute Gasteiger partial charge is 0.380 e. The van der Waals surface area contributed by atoms with Crippen molar-refractivity contribution in [2.45, 2.75) is 26.2 Å². The number of carbonyl (C=O) groups is 1. The van der Waals surface area contributed by atoms with Gasteiger partial charge in [-0.25, -0.2) is 0 Å². The lowest BCUT2D eigenvalue weighted by Crippen LogP contribution is -2.35. The molecule has 3 rings (SSSR count). The van der Waals surface area contributed by atoms with Crippen LogP contribution >= 0.6 is 0 Å². The monoisotopic (exact) mass is 339 g/mol. The summed E-state index contributed by atoms with van der Waals surface area (Å²) >= 11 is 0. The van der Waals surface area contributed by atoms with Crippen LogP contribution in [0.5, 0.6) is 0 Å². The molecule has 0 aromatic heterocycles. The lowest BCUT2D eigenvalue weighted by atomic mass is 10.0. The third-order valence-electron chi connectivity index (χ3n) is 4.36. The Morgan fingerprint density at radius 3 is 2.84 bits per heavy atom. The number of benzene rings is 2. The number of carbonyl (C=O) groups excluding carboxylic acids is 1. The normalized spacial score (nSPS) is 13.2. The second-order valence-electron chi connectivity index (χ2n) is 6.10. The highest BCUT2D eigenvalue weighted by molar-refractivity contribution is 6.07. The van der Waals surface area contributed by atoms with E-state index in [0.29, 0.717) is 24.3 Å². The topological polar surface area (TPSA) is 75.5 Å². The number of fused-ring (bicyclic) bond motifs is 1. The summed E-state index contributed by atoms with van der Waals surface area (Å²) in [6.45, 7) is 3.26. The molecule has 6 heteroatoms. The molecule has 1 heterocycles. The molecule has 1 aliphatic rings. The number of anilines is 2. The first-order valence-electron chi connectivity index (χ1n) is 8.54. The van der Waals surface area contributed by atoms with Crippen LogP contribution in [-0.2, 0) is 6.42 Å². The van der Waals surface area contributed by atoms with Gasteiger partial charge >= 0.3 is 0 Å². The Labute approximate surface area is 146 Å². The molecule has 0 saturated carbocycles. The highest BCUT2D eigenvalue weighted by atomic mass is 16.6. The molecule has 1 aliphatic heterocycles. The number of aryl methyl sites for hydroxylation is 1. The smallest absolute Gasteiger partial charge is 0.293 e. The van der Waals surface area contributed by atoms with Crippen molar-refractivity contribution in [1.29, 1.82) is 0 Å². The quantitative estimate of drug-likeness (QED) is 0.660. The zero-order chi connectivity index (χ0) is 17.8. The Morgan fingerprint density at radius 1 is 1.28 bits per heavy atom. The fraction of sp³-hybridized carbons (Fsp3) is 0.316.